The van der Waals surface area contributed by atoms with Crippen molar-refractivity contribution >= 4 is 5.82 Å². The van der Waals surface area contributed by atoms with Crippen LogP contribution >= 0.6 is 0 Å². The molecule has 4 nitrogen and oxygen atoms in total. The van der Waals surface area contributed by atoms with Crippen molar-refractivity contribution in [1.82, 2.24) is 9.97 Å². The maximum atomic E-state index is 5.36. The summed E-state index contributed by atoms with van der Waals surface area (Å²) in [6.07, 6.45) is 1.49. The Morgan fingerprint density at radius 3 is 2.93 bits per heavy atom. The van der Waals surface area contributed by atoms with Crippen molar-refractivity contribution in [1.29, 1.82) is 0 Å². The van der Waals surface area contributed by atoms with E-state index in [9.17, 15) is 0 Å². The van der Waals surface area contributed by atoms with E-state index in [-0.39, 0.29) is 0 Å². The number of nitrogens with zero attached hydrogens (tertiary/aromatic N) is 2. The van der Waals surface area contributed by atoms with Crippen molar-refractivity contribution in [2.75, 3.05) is 18.5 Å². The lowest BCUT2D eigenvalue weighted by atomic mass is 10.3. The van der Waals surface area contributed by atoms with E-state index in [0.29, 0.717) is 19.0 Å². The summed E-state index contributed by atoms with van der Waals surface area (Å²) < 4.78 is 5.36. The van der Waals surface area contributed by atoms with Crippen molar-refractivity contribution in [3.05, 3.63) is 11.9 Å². The molecule has 1 N–H and O–H groups in total. The number of anilines is 1. The highest BCUT2D eigenvalue weighted by molar-refractivity contribution is 5.48. The van der Waals surface area contributed by atoms with E-state index in [0.717, 1.165) is 11.4 Å². The van der Waals surface area contributed by atoms with Gasteiger partial charge in [0.05, 0.1) is 18.7 Å². The van der Waals surface area contributed by atoms with Crippen LogP contribution in [0.3, 0.4) is 0 Å². The van der Waals surface area contributed by atoms with E-state index in [4.69, 9.17) is 4.74 Å². The van der Waals surface area contributed by atoms with Crippen LogP contribution in [0.5, 0.6) is 5.88 Å². The number of rotatable bonds is 4. The summed E-state index contributed by atoms with van der Waals surface area (Å²) in [6.45, 7) is 6.84. The fraction of sp³-hybridized carbons (Fsp3) is 0.455. The first-order chi connectivity index (χ1) is 7.29. The van der Waals surface area contributed by atoms with Crippen molar-refractivity contribution in [3.8, 4) is 17.7 Å². The molecule has 0 fully saturated rings. The van der Waals surface area contributed by atoms with Gasteiger partial charge in [0, 0.05) is 0 Å². The molecule has 0 amide bonds. The molecule has 1 aromatic rings. The van der Waals surface area contributed by atoms with E-state index < -0.39 is 0 Å². The summed E-state index contributed by atoms with van der Waals surface area (Å²) in [5.74, 6) is 7.12. The highest BCUT2D eigenvalue weighted by Crippen LogP contribution is 2.19. The smallest absolute Gasteiger partial charge is 0.221 e. The van der Waals surface area contributed by atoms with E-state index in [2.05, 4.69) is 27.1 Å². The highest BCUT2D eigenvalue weighted by atomic mass is 16.5. The van der Waals surface area contributed by atoms with Crippen molar-refractivity contribution < 1.29 is 4.74 Å². The average molecular weight is 205 g/mol. The molecular formula is C11H15N3O. The molecule has 0 atom stereocenters. The minimum Gasteiger partial charge on any atom is -0.478 e. The Hall–Kier alpha value is -1.76. The maximum absolute atomic E-state index is 5.36. The van der Waals surface area contributed by atoms with Gasteiger partial charge in [-0.1, -0.05) is 5.92 Å². The summed E-state index contributed by atoms with van der Waals surface area (Å²) in [5.41, 5.74) is 0.914. The van der Waals surface area contributed by atoms with Gasteiger partial charge in [-0.2, -0.15) is 0 Å². The molecule has 0 aromatic carbocycles. The molecule has 1 heterocycles. The number of hydrogen-bond donors (Lipinski definition) is 1. The van der Waals surface area contributed by atoms with Gasteiger partial charge in [-0.25, -0.2) is 9.97 Å². The Kier molecular flexibility index (Phi) is 4.42. The van der Waals surface area contributed by atoms with E-state index in [1.54, 1.807) is 6.92 Å². The van der Waals surface area contributed by atoms with Gasteiger partial charge in [0.2, 0.25) is 5.88 Å². The maximum Gasteiger partial charge on any atom is 0.221 e. The van der Waals surface area contributed by atoms with Gasteiger partial charge in [-0.15, -0.1) is 5.92 Å². The van der Waals surface area contributed by atoms with Gasteiger partial charge in [0.15, 0.2) is 0 Å². The lowest BCUT2D eigenvalue weighted by molar-refractivity contribution is 0.324. The van der Waals surface area contributed by atoms with Crippen LogP contribution in [0.2, 0.25) is 0 Å². The summed E-state index contributed by atoms with van der Waals surface area (Å²) in [5, 5.41) is 3.11. The molecular weight excluding hydrogens is 190 g/mol. The molecule has 0 radical (unpaired) electrons. The molecule has 80 valence electrons. The topological polar surface area (TPSA) is 47.0 Å². The third kappa shape index (κ3) is 3.13. The molecule has 0 aliphatic heterocycles. The molecule has 0 bridgehead atoms. The number of ether oxygens (including phenoxy) is 1. The van der Waals surface area contributed by atoms with Crippen LogP contribution in [0.1, 0.15) is 19.4 Å². The van der Waals surface area contributed by atoms with Gasteiger partial charge < -0.3 is 10.1 Å². The van der Waals surface area contributed by atoms with E-state index in [1.807, 2.05) is 13.8 Å². The zero-order valence-electron chi connectivity index (χ0n) is 9.29. The number of aromatic nitrogens is 2. The average Bonchev–Trinajstić information content (AvgIpc) is 2.24. The fourth-order valence-electron chi connectivity index (χ4n) is 1.11. The first kappa shape index (κ1) is 11.3. The van der Waals surface area contributed by atoms with Crippen LogP contribution in [0.25, 0.3) is 0 Å². The molecule has 4 heteroatoms. The minimum absolute atomic E-state index is 0.583. The molecule has 0 saturated heterocycles. The van der Waals surface area contributed by atoms with Crippen molar-refractivity contribution in [3.63, 3.8) is 0 Å². The second-order valence-corrected chi connectivity index (χ2v) is 2.87. The van der Waals surface area contributed by atoms with Gasteiger partial charge in [0.1, 0.15) is 12.1 Å². The predicted molar refractivity (Wildman–Crippen MR) is 59.9 cm³/mol. The summed E-state index contributed by atoms with van der Waals surface area (Å²) in [6, 6.07) is 0. The van der Waals surface area contributed by atoms with Gasteiger partial charge in [-0.05, 0) is 20.8 Å². The Morgan fingerprint density at radius 1 is 1.47 bits per heavy atom. The third-order valence-corrected chi connectivity index (χ3v) is 1.84. The summed E-state index contributed by atoms with van der Waals surface area (Å²) in [7, 11) is 0. The normalized spacial score (nSPS) is 9.00. The second kappa shape index (κ2) is 5.86. The zero-order chi connectivity index (χ0) is 11.1. The third-order valence-electron chi connectivity index (χ3n) is 1.84. The first-order valence-corrected chi connectivity index (χ1v) is 4.87. The second-order valence-electron chi connectivity index (χ2n) is 2.87. The van der Waals surface area contributed by atoms with Gasteiger partial charge in [0.25, 0.3) is 0 Å². The summed E-state index contributed by atoms with van der Waals surface area (Å²) in [4.78, 5) is 8.17. The number of hydrogen-bond acceptors (Lipinski definition) is 4. The SMILES string of the molecule is CC#CCNc1ncnc(OCC)c1C. The minimum atomic E-state index is 0.583. The quantitative estimate of drug-likeness (QED) is 0.759. The van der Waals surface area contributed by atoms with Crippen LogP contribution in [-0.4, -0.2) is 23.1 Å². The Labute approximate surface area is 90.1 Å². The molecule has 0 unspecified atom stereocenters. The Balaban J connectivity index is 2.77. The predicted octanol–water partition coefficient (Wildman–Crippen LogP) is 1.62. The van der Waals surface area contributed by atoms with Gasteiger partial charge >= 0.3 is 0 Å². The number of nitrogens with one attached hydrogen (secondary N) is 1. The summed E-state index contributed by atoms with van der Waals surface area (Å²) >= 11 is 0. The molecule has 1 rings (SSSR count). The van der Waals surface area contributed by atoms with Crippen LogP contribution in [0.4, 0.5) is 5.82 Å². The van der Waals surface area contributed by atoms with E-state index >= 15 is 0 Å². The van der Waals surface area contributed by atoms with Gasteiger partial charge in [-0.3, -0.25) is 0 Å². The van der Waals surface area contributed by atoms with E-state index in [1.165, 1.54) is 6.33 Å². The van der Waals surface area contributed by atoms with Crippen LogP contribution in [-0.2, 0) is 0 Å². The van der Waals surface area contributed by atoms with Crippen LogP contribution < -0.4 is 10.1 Å². The molecule has 1 aromatic heterocycles. The molecule has 0 saturated carbocycles. The Bertz CT molecular complexity index is 379. The monoisotopic (exact) mass is 205 g/mol. The standard InChI is InChI=1S/C11H15N3O/c1-4-6-7-12-10-9(3)11(15-5-2)14-8-13-10/h8H,5,7H2,1-3H3,(H,12,13,14). The van der Waals surface area contributed by atoms with Crippen molar-refractivity contribution in [2.24, 2.45) is 0 Å². The molecule has 0 aliphatic rings. The van der Waals surface area contributed by atoms with Crippen LogP contribution in [0, 0.1) is 18.8 Å². The molecule has 0 aliphatic carbocycles. The highest BCUT2D eigenvalue weighted by Gasteiger charge is 2.06. The van der Waals surface area contributed by atoms with Crippen LogP contribution in [0.15, 0.2) is 6.33 Å². The first-order valence-electron chi connectivity index (χ1n) is 4.87. The molecule has 0 spiro atoms. The largest absolute Gasteiger partial charge is 0.478 e. The fourth-order valence-corrected chi connectivity index (χ4v) is 1.11. The zero-order valence-corrected chi connectivity index (χ0v) is 9.29. The van der Waals surface area contributed by atoms with Crippen molar-refractivity contribution in [2.45, 2.75) is 20.8 Å². The Morgan fingerprint density at radius 2 is 2.27 bits per heavy atom. The molecule has 15 heavy (non-hydrogen) atoms. The lowest BCUT2D eigenvalue weighted by Gasteiger charge is -2.09. The lowest BCUT2D eigenvalue weighted by Crippen LogP contribution is -2.06.